The van der Waals surface area contributed by atoms with Crippen molar-refractivity contribution in [3.63, 3.8) is 0 Å². The molecule has 0 spiro atoms. The lowest BCUT2D eigenvalue weighted by Gasteiger charge is -2.25. The summed E-state index contributed by atoms with van der Waals surface area (Å²) < 4.78 is 0.954. The number of benzene rings is 1. The van der Waals surface area contributed by atoms with E-state index in [-0.39, 0.29) is 12.5 Å². The first-order valence-corrected chi connectivity index (χ1v) is 6.98. The van der Waals surface area contributed by atoms with Gasteiger partial charge in [0, 0.05) is 16.6 Å². The summed E-state index contributed by atoms with van der Waals surface area (Å²) >= 11 is 3.37. The Morgan fingerprint density at radius 3 is 2.50 bits per heavy atom. The van der Waals surface area contributed by atoms with Crippen molar-refractivity contribution < 1.29 is 9.90 Å². The number of nitrogens with one attached hydrogen (secondary N) is 1. The summed E-state index contributed by atoms with van der Waals surface area (Å²) in [6.45, 7) is 6.01. The van der Waals surface area contributed by atoms with E-state index in [1.165, 1.54) is 0 Å². The van der Waals surface area contributed by atoms with Crippen molar-refractivity contribution in [1.29, 1.82) is 0 Å². The van der Waals surface area contributed by atoms with Crippen molar-refractivity contribution in [2.75, 3.05) is 6.54 Å². The molecule has 1 rings (SSSR count). The van der Waals surface area contributed by atoms with Gasteiger partial charge in [-0.25, -0.2) is 0 Å². The fourth-order valence-corrected chi connectivity index (χ4v) is 2.20. The molecular weight excluding hydrogens is 294 g/mol. The molecular formula is C14H20BrNO2. The highest BCUT2D eigenvalue weighted by atomic mass is 79.9. The maximum absolute atomic E-state index is 12.0. The topological polar surface area (TPSA) is 49.3 Å². The van der Waals surface area contributed by atoms with Gasteiger partial charge < -0.3 is 10.4 Å². The van der Waals surface area contributed by atoms with Gasteiger partial charge in [0.2, 0.25) is 0 Å². The zero-order valence-electron chi connectivity index (χ0n) is 11.1. The molecule has 0 aliphatic rings. The van der Waals surface area contributed by atoms with Crippen LogP contribution in [0, 0.1) is 6.92 Å². The number of aryl methyl sites for hydroxylation is 1. The number of amides is 1. The second-order valence-corrected chi connectivity index (χ2v) is 5.49. The van der Waals surface area contributed by atoms with Gasteiger partial charge in [0.15, 0.2) is 0 Å². The Bertz CT molecular complexity index is 428. The molecule has 100 valence electrons. The molecule has 0 aromatic heterocycles. The van der Waals surface area contributed by atoms with Crippen LogP contribution in [0.5, 0.6) is 0 Å². The number of carbonyl (C=O) groups excluding carboxylic acids is 1. The van der Waals surface area contributed by atoms with Gasteiger partial charge in [-0.05, 0) is 43.5 Å². The van der Waals surface area contributed by atoms with E-state index < -0.39 is 5.60 Å². The highest BCUT2D eigenvalue weighted by Gasteiger charge is 2.23. The van der Waals surface area contributed by atoms with Crippen LogP contribution >= 0.6 is 15.9 Å². The third-order valence-corrected chi connectivity index (χ3v) is 3.82. The SMILES string of the molecule is CCC(O)(CC)CNC(=O)c1ccc(Br)cc1C. The van der Waals surface area contributed by atoms with Crippen molar-refractivity contribution in [3.05, 3.63) is 33.8 Å². The quantitative estimate of drug-likeness (QED) is 0.877. The molecule has 0 heterocycles. The molecule has 1 amide bonds. The van der Waals surface area contributed by atoms with Gasteiger partial charge in [-0.3, -0.25) is 4.79 Å². The Morgan fingerprint density at radius 1 is 1.39 bits per heavy atom. The lowest BCUT2D eigenvalue weighted by Crippen LogP contribution is -2.42. The second kappa shape index (κ2) is 6.34. The van der Waals surface area contributed by atoms with Crippen molar-refractivity contribution in [2.45, 2.75) is 39.2 Å². The first-order valence-electron chi connectivity index (χ1n) is 6.18. The van der Waals surface area contributed by atoms with E-state index in [9.17, 15) is 9.90 Å². The highest BCUT2D eigenvalue weighted by Crippen LogP contribution is 2.17. The van der Waals surface area contributed by atoms with Crippen LogP contribution in [0.3, 0.4) is 0 Å². The highest BCUT2D eigenvalue weighted by molar-refractivity contribution is 9.10. The minimum Gasteiger partial charge on any atom is -0.388 e. The molecule has 18 heavy (non-hydrogen) atoms. The molecule has 0 aliphatic heterocycles. The van der Waals surface area contributed by atoms with E-state index in [4.69, 9.17) is 0 Å². The molecule has 0 radical (unpaired) electrons. The first-order chi connectivity index (χ1) is 8.41. The van der Waals surface area contributed by atoms with Gasteiger partial charge in [-0.15, -0.1) is 0 Å². The van der Waals surface area contributed by atoms with Crippen molar-refractivity contribution in [2.24, 2.45) is 0 Å². The molecule has 3 nitrogen and oxygen atoms in total. The summed E-state index contributed by atoms with van der Waals surface area (Å²) in [5.74, 6) is -0.139. The molecule has 1 aromatic carbocycles. The van der Waals surface area contributed by atoms with Crippen LogP contribution in [0.4, 0.5) is 0 Å². The van der Waals surface area contributed by atoms with E-state index in [1.807, 2.05) is 32.9 Å². The summed E-state index contributed by atoms with van der Waals surface area (Å²) in [5, 5.41) is 12.9. The van der Waals surface area contributed by atoms with Crippen LogP contribution < -0.4 is 5.32 Å². The van der Waals surface area contributed by atoms with Gasteiger partial charge in [0.1, 0.15) is 0 Å². The first kappa shape index (κ1) is 15.2. The van der Waals surface area contributed by atoms with Crippen LogP contribution in [0.15, 0.2) is 22.7 Å². The molecule has 0 fully saturated rings. The van der Waals surface area contributed by atoms with Crippen LogP contribution in [-0.4, -0.2) is 23.2 Å². The Kier molecular flexibility index (Phi) is 5.35. The summed E-state index contributed by atoms with van der Waals surface area (Å²) in [6.07, 6.45) is 1.26. The van der Waals surface area contributed by atoms with E-state index in [1.54, 1.807) is 6.07 Å². The zero-order chi connectivity index (χ0) is 13.8. The Labute approximate surface area is 117 Å². The predicted octanol–water partition coefficient (Wildman–Crippen LogP) is 3.04. The van der Waals surface area contributed by atoms with Gasteiger partial charge >= 0.3 is 0 Å². The van der Waals surface area contributed by atoms with Gasteiger partial charge in [-0.1, -0.05) is 29.8 Å². The largest absolute Gasteiger partial charge is 0.388 e. The fraction of sp³-hybridized carbons (Fsp3) is 0.500. The fourth-order valence-electron chi connectivity index (χ4n) is 1.72. The average molecular weight is 314 g/mol. The normalized spacial score (nSPS) is 11.4. The second-order valence-electron chi connectivity index (χ2n) is 4.57. The van der Waals surface area contributed by atoms with Gasteiger partial charge in [0.05, 0.1) is 5.60 Å². The minimum absolute atomic E-state index is 0.139. The lowest BCUT2D eigenvalue weighted by atomic mass is 9.97. The molecule has 0 atom stereocenters. The van der Waals surface area contributed by atoms with Crippen LogP contribution in [0.25, 0.3) is 0 Å². The Morgan fingerprint density at radius 2 is 2.00 bits per heavy atom. The molecule has 1 aromatic rings. The van der Waals surface area contributed by atoms with Gasteiger partial charge in [-0.2, -0.15) is 0 Å². The standard InChI is InChI=1S/C14H20BrNO2/c1-4-14(18,5-2)9-16-13(17)12-7-6-11(15)8-10(12)3/h6-8,18H,4-5,9H2,1-3H3,(H,16,17). The van der Waals surface area contributed by atoms with E-state index >= 15 is 0 Å². The number of aliphatic hydroxyl groups is 1. The summed E-state index contributed by atoms with van der Waals surface area (Å²) in [6, 6.07) is 5.53. The van der Waals surface area contributed by atoms with Crippen LogP contribution in [-0.2, 0) is 0 Å². The molecule has 0 saturated heterocycles. The van der Waals surface area contributed by atoms with E-state index in [0.717, 1.165) is 10.0 Å². The van der Waals surface area contributed by atoms with Crippen LogP contribution in [0.1, 0.15) is 42.6 Å². The summed E-state index contributed by atoms with van der Waals surface area (Å²) in [7, 11) is 0. The number of hydrogen-bond acceptors (Lipinski definition) is 2. The third kappa shape index (κ3) is 3.82. The Balaban J connectivity index is 2.71. The van der Waals surface area contributed by atoms with Gasteiger partial charge in [0.25, 0.3) is 5.91 Å². The Hall–Kier alpha value is -0.870. The number of halogens is 1. The summed E-state index contributed by atoms with van der Waals surface area (Å²) in [5.41, 5.74) is 0.755. The van der Waals surface area contributed by atoms with Crippen molar-refractivity contribution in [1.82, 2.24) is 5.32 Å². The maximum Gasteiger partial charge on any atom is 0.251 e. The molecule has 0 saturated carbocycles. The lowest BCUT2D eigenvalue weighted by molar-refractivity contribution is 0.0314. The zero-order valence-corrected chi connectivity index (χ0v) is 12.7. The maximum atomic E-state index is 12.0. The number of carbonyl (C=O) groups is 1. The van der Waals surface area contributed by atoms with E-state index in [0.29, 0.717) is 18.4 Å². The molecule has 0 aliphatic carbocycles. The number of rotatable bonds is 5. The number of hydrogen-bond donors (Lipinski definition) is 2. The molecule has 0 unspecified atom stereocenters. The average Bonchev–Trinajstić information content (AvgIpc) is 2.35. The predicted molar refractivity (Wildman–Crippen MR) is 76.7 cm³/mol. The summed E-state index contributed by atoms with van der Waals surface area (Å²) in [4.78, 5) is 12.0. The minimum atomic E-state index is -0.807. The van der Waals surface area contributed by atoms with Crippen molar-refractivity contribution >= 4 is 21.8 Å². The molecule has 0 bridgehead atoms. The monoisotopic (exact) mass is 313 g/mol. The van der Waals surface area contributed by atoms with Crippen LogP contribution in [0.2, 0.25) is 0 Å². The molecule has 4 heteroatoms. The van der Waals surface area contributed by atoms with Crippen molar-refractivity contribution in [3.8, 4) is 0 Å². The smallest absolute Gasteiger partial charge is 0.251 e. The third-order valence-electron chi connectivity index (χ3n) is 3.33. The molecule has 2 N–H and O–H groups in total. The van der Waals surface area contributed by atoms with E-state index in [2.05, 4.69) is 21.2 Å².